The molecule has 0 amide bonds. The van der Waals surface area contributed by atoms with E-state index in [1.165, 1.54) is 10.4 Å². The van der Waals surface area contributed by atoms with E-state index in [1.54, 1.807) is 0 Å². The third-order valence-electron chi connectivity index (χ3n) is 4.14. The Bertz CT molecular complexity index is 566. The molecule has 0 saturated heterocycles. The van der Waals surface area contributed by atoms with Crippen LogP contribution in [0.25, 0.3) is 0 Å². The monoisotopic (exact) mass is 326 g/mol. The summed E-state index contributed by atoms with van der Waals surface area (Å²) in [6.07, 6.45) is 0. The van der Waals surface area contributed by atoms with Gasteiger partial charge in [-0.3, -0.25) is 0 Å². The predicted molar refractivity (Wildman–Crippen MR) is 103 cm³/mol. The number of benzene rings is 2. The van der Waals surface area contributed by atoms with Crippen LogP contribution in [-0.4, -0.2) is 14.9 Å². The molecule has 2 aromatic carbocycles. The normalized spacial score (nSPS) is 13.1. The topological polar surface area (TPSA) is 9.23 Å². The summed E-state index contributed by atoms with van der Waals surface area (Å²) in [7, 11) is -2.36. The Morgan fingerprint density at radius 1 is 0.696 bits per heavy atom. The van der Waals surface area contributed by atoms with Crippen LogP contribution in [0.4, 0.5) is 0 Å². The molecule has 0 spiro atoms. The van der Waals surface area contributed by atoms with Crippen molar-refractivity contribution in [3.05, 3.63) is 60.7 Å². The van der Waals surface area contributed by atoms with E-state index in [0.29, 0.717) is 0 Å². The molecule has 0 fully saturated rings. The van der Waals surface area contributed by atoms with Crippen LogP contribution in [0.5, 0.6) is 0 Å². The SMILES string of the molecule is CC(C)(C)CO[Si](c1ccccc1)(c1ccccc1)C(C)(C)C. The minimum atomic E-state index is -2.36. The lowest BCUT2D eigenvalue weighted by atomic mass is 9.99. The van der Waals surface area contributed by atoms with E-state index in [9.17, 15) is 0 Å². The molecular formula is C21H30OSi. The zero-order chi connectivity index (χ0) is 17.1. The van der Waals surface area contributed by atoms with Gasteiger partial charge in [0.25, 0.3) is 8.32 Å². The van der Waals surface area contributed by atoms with Crippen molar-refractivity contribution in [2.24, 2.45) is 5.41 Å². The molecular weight excluding hydrogens is 296 g/mol. The highest BCUT2D eigenvalue weighted by Gasteiger charge is 2.50. The lowest BCUT2D eigenvalue weighted by Crippen LogP contribution is -2.67. The first-order chi connectivity index (χ1) is 10.7. The summed E-state index contributed by atoms with van der Waals surface area (Å²) in [6, 6.07) is 21.7. The van der Waals surface area contributed by atoms with Crippen molar-refractivity contribution in [2.45, 2.75) is 46.6 Å². The quantitative estimate of drug-likeness (QED) is 0.746. The Kier molecular flexibility index (Phi) is 5.17. The van der Waals surface area contributed by atoms with Gasteiger partial charge in [0.2, 0.25) is 0 Å². The Morgan fingerprint density at radius 3 is 1.39 bits per heavy atom. The van der Waals surface area contributed by atoms with Crippen molar-refractivity contribution < 1.29 is 4.43 Å². The molecule has 0 radical (unpaired) electrons. The van der Waals surface area contributed by atoms with Crippen LogP contribution in [0, 0.1) is 5.41 Å². The zero-order valence-corrected chi connectivity index (χ0v) is 16.4. The highest BCUT2D eigenvalue weighted by molar-refractivity contribution is 6.99. The molecule has 124 valence electrons. The van der Waals surface area contributed by atoms with Crippen LogP contribution in [0.15, 0.2) is 60.7 Å². The molecule has 0 bridgehead atoms. The number of hydrogen-bond donors (Lipinski definition) is 0. The Hall–Kier alpha value is -1.38. The summed E-state index contributed by atoms with van der Waals surface area (Å²) < 4.78 is 6.87. The largest absolute Gasteiger partial charge is 0.407 e. The molecule has 1 nitrogen and oxygen atoms in total. The third-order valence-corrected chi connectivity index (χ3v) is 9.12. The molecule has 0 aliphatic carbocycles. The van der Waals surface area contributed by atoms with Crippen LogP contribution in [0.2, 0.25) is 5.04 Å². The van der Waals surface area contributed by atoms with Crippen molar-refractivity contribution in [1.82, 2.24) is 0 Å². The van der Waals surface area contributed by atoms with E-state index < -0.39 is 8.32 Å². The molecule has 2 heteroatoms. The minimum absolute atomic E-state index is 0.0565. The second-order valence-electron chi connectivity index (χ2n) is 8.51. The van der Waals surface area contributed by atoms with E-state index in [1.807, 2.05) is 0 Å². The first kappa shape index (κ1) is 18.0. The molecule has 0 aliphatic heterocycles. The molecule has 0 aliphatic rings. The molecule has 0 saturated carbocycles. The molecule has 0 unspecified atom stereocenters. The second-order valence-corrected chi connectivity index (χ2v) is 12.8. The standard InChI is InChI=1S/C21H30OSi/c1-20(2,3)17-22-23(21(4,5)6,18-13-9-7-10-14-18)19-15-11-8-12-16-19/h7-16H,17H2,1-6H3. The van der Waals surface area contributed by atoms with Crippen LogP contribution in [-0.2, 0) is 4.43 Å². The van der Waals surface area contributed by atoms with Crippen LogP contribution in [0.3, 0.4) is 0 Å². The Labute approximate surface area is 142 Å². The lowest BCUT2D eigenvalue weighted by molar-refractivity contribution is 0.186. The Morgan fingerprint density at radius 2 is 1.09 bits per heavy atom. The maximum Gasteiger partial charge on any atom is 0.261 e. The lowest BCUT2D eigenvalue weighted by Gasteiger charge is -2.44. The molecule has 0 aromatic heterocycles. The summed E-state index contributed by atoms with van der Waals surface area (Å²) in [6.45, 7) is 14.5. The van der Waals surface area contributed by atoms with Gasteiger partial charge in [-0.25, -0.2) is 0 Å². The highest BCUT2D eigenvalue weighted by Crippen LogP contribution is 2.37. The summed E-state index contributed by atoms with van der Waals surface area (Å²) >= 11 is 0. The fraction of sp³-hybridized carbons (Fsp3) is 0.429. The first-order valence-corrected chi connectivity index (χ1v) is 10.3. The van der Waals surface area contributed by atoms with Gasteiger partial charge in [0.1, 0.15) is 0 Å². The van der Waals surface area contributed by atoms with Crippen molar-refractivity contribution in [1.29, 1.82) is 0 Å². The number of hydrogen-bond acceptors (Lipinski definition) is 1. The zero-order valence-electron chi connectivity index (χ0n) is 15.4. The van der Waals surface area contributed by atoms with E-state index in [4.69, 9.17) is 4.43 Å². The average molecular weight is 327 g/mol. The van der Waals surface area contributed by atoms with E-state index in [0.717, 1.165) is 6.61 Å². The van der Waals surface area contributed by atoms with Crippen LogP contribution >= 0.6 is 0 Å². The van der Waals surface area contributed by atoms with Crippen LogP contribution < -0.4 is 10.4 Å². The summed E-state index contributed by atoms with van der Waals surface area (Å²) in [5.74, 6) is 0. The fourth-order valence-corrected chi connectivity index (χ4v) is 7.89. The van der Waals surface area contributed by atoms with Gasteiger partial charge in [-0.2, -0.15) is 0 Å². The van der Waals surface area contributed by atoms with E-state index >= 15 is 0 Å². The first-order valence-electron chi connectivity index (χ1n) is 8.42. The smallest absolute Gasteiger partial charge is 0.261 e. The van der Waals surface area contributed by atoms with Crippen LogP contribution in [0.1, 0.15) is 41.5 Å². The van der Waals surface area contributed by atoms with Crippen molar-refractivity contribution in [2.75, 3.05) is 6.61 Å². The molecule has 0 N–H and O–H groups in total. The third kappa shape index (κ3) is 3.93. The van der Waals surface area contributed by atoms with Gasteiger partial charge < -0.3 is 4.43 Å². The molecule has 23 heavy (non-hydrogen) atoms. The van der Waals surface area contributed by atoms with Gasteiger partial charge in [0, 0.05) is 6.61 Å². The van der Waals surface area contributed by atoms with Gasteiger partial charge in [-0.1, -0.05) is 102 Å². The second kappa shape index (κ2) is 6.62. The number of rotatable bonds is 4. The summed E-state index contributed by atoms with van der Waals surface area (Å²) in [4.78, 5) is 0. The molecule has 0 heterocycles. The van der Waals surface area contributed by atoms with E-state index in [-0.39, 0.29) is 10.5 Å². The Balaban J connectivity index is 2.65. The fourth-order valence-electron chi connectivity index (χ4n) is 3.09. The van der Waals surface area contributed by atoms with Gasteiger partial charge >= 0.3 is 0 Å². The van der Waals surface area contributed by atoms with Crippen molar-refractivity contribution >= 4 is 18.7 Å². The summed E-state index contributed by atoms with van der Waals surface area (Å²) in [5.41, 5.74) is 0.146. The summed E-state index contributed by atoms with van der Waals surface area (Å²) in [5, 5.41) is 2.76. The molecule has 0 atom stereocenters. The molecule has 2 aromatic rings. The average Bonchev–Trinajstić information content (AvgIpc) is 2.47. The van der Waals surface area contributed by atoms with E-state index in [2.05, 4.69) is 102 Å². The predicted octanol–water partition coefficient (Wildman–Crippen LogP) is 4.61. The van der Waals surface area contributed by atoms with Crippen molar-refractivity contribution in [3.8, 4) is 0 Å². The minimum Gasteiger partial charge on any atom is -0.407 e. The van der Waals surface area contributed by atoms with Gasteiger partial charge in [0.05, 0.1) is 0 Å². The van der Waals surface area contributed by atoms with Gasteiger partial charge in [0.15, 0.2) is 0 Å². The molecule has 2 rings (SSSR count). The van der Waals surface area contributed by atoms with Gasteiger partial charge in [-0.05, 0) is 20.8 Å². The van der Waals surface area contributed by atoms with Crippen molar-refractivity contribution in [3.63, 3.8) is 0 Å². The van der Waals surface area contributed by atoms with Gasteiger partial charge in [-0.15, -0.1) is 0 Å². The maximum absolute atomic E-state index is 6.87. The maximum atomic E-state index is 6.87. The highest BCUT2D eigenvalue weighted by atomic mass is 28.4.